The number of amides is 1. The quantitative estimate of drug-likeness (QED) is 0.843. The summed E-state index contributed by atoms with van der Waals surface area (Å²) in [5, 5.41) is 0. The van der Waals surface area contributed by atoms with E-state index in [1.165, 1.54) is 24.8 Å². The van der Waals surface area contributed by atoms with Crippen LogP contribution in [0, 0.1) is 5.92 Å². The van der Waals surface area contributed by atoms with Gasteiger partial charge in [-0.25, -0.2) is 0 Å². The van der Waals surface area contributed by atoms with Crippen LogP contribution in [0.25, 0.3) is 0 Å². The van der Waals surface area contributed by atoms with Crippen molar-refractivity contribution in [2.45, 2.75) is 56.7 Å². The predicted molar refractivity (Wildman–Crippen MR) is 98.2 cm³/mol. The van der Waals surface area contributed by atoms with Crippen LogP contribution >= 0.6 is 0 Å². The summed E-state index contributed by atoms with van der Waals surface area (Å²) in [4.78, 5) is 17.1. The van der Waals surface area contributed by atoms with Crippen LogP contribution in [-0.2, 0) is 16.1 Å². The molecule has 0 bridgehead atoms. The standard InChI is InChI=1S/C21H30N2O2/c1-22(13-17-8-4-2-5-9-17)19-12-21(25-14-19)15-23(16-21)20(24)18-10-6-3-7-11-18/h2,4-5,8-9,18-19H,3,6-7,10-16H2,1H3. The highest BCUT2D eigenvalue weighted by molar-refractivity contribution is 5.80. The monoisotopic (exact) mass is 342 g/mol. The van der Waals surface area contributed by atoms with Crippen molar-refractivity contribution >= 4 is 5.91 Å². The summed E-state index contributed by atoms with van der Waals surface area (Å²) in [5.74, 6) is 0.666. The minimum Gasteiger partial charge on any atom is -0.370 e. The smallest absolute Gasteiger partial charge is 0.225 e. The second-order valence-electron chi connectivity index (χ2n) is 8.28. The maximum Gasteiger partial charge on any atom is 0.225 e. The first kappa shape index (κ1) is 17.0. The van der Waals surface area contributed by atoms with Gasteiger partial charge in [-0.15, -0.1) is 0 Å². The van der Waals surface area contributed by atoms with E-state index in [2.05, 4.69) is 47.2 Å². The SMILES string of the molecule is CN(Cc1ccccc1)C1COC2(C1)CN(C(=O)C1CCCCC1)C2. The number of ether oxygens (including phenoxy) is 1. The molecular weight excluding hydrogens is 312 g/mol. The Balaban J connectivity index is 1.27. The summed E-state index contributed by atoms with van der Waals surface area (Å²) < 4.78 is 6.18. The van der Waals surface area contributed by atoms with E-state index in [0.29, 0.717) is 11.9 Å². The fourth-order valence-electron chi connectivity index (χ4n) is 4.74. The fraction of sp³-hybridized carbons (Fsp3) is 0.667. The number of carbonyl (C=O) groups is 1. The predicted octanol–water partition coefficient (Wildman–Crippen LogP) is 3.07. The molecule has 3 aliphatic rings. The van der Waals surface area contributed by atoms with E-state index < -0.39 is 0 Å². The second-order valence-corrected chi connectivity index (χ2v) is 8.28. The van der Waals surface area contributed by atoms with E-state index in [9.17, 15) is 4.79 Å². The zero-order valence-electron chi connectivity index (χ0n) is 15.3. The van der Waals surface area contributed by atoms with Gasteiger partial charge in [0.05, 0.1) is 19.7 Å². The number of hydrogen-bond donors (Lipinski definition) is 0. The third kappa shape index (κ3) is 3.61. The molecule has 1 amide bonds. The largest absolute Gasteiger partial charge is 0.370 e. The molecule has 0 N–H and O–H groups in total. The van der Waals surface area contributed by atoms with E-state index in [1.54, 1.807) is 0 Å². The Morgan fingerprint density at radius 2 is 1.92 bits per heavy atom. The highest BCUT2D eigenvalue weighted by Gasteiger charge is 2.52. The third-order valence-corrected chi connectivity index (χ3v) is 6.31. The Morgan fingerprint density at radius 1 is 1.20 bits per heavy atom. The highest BCUT2D eigenvalue weighted by Crippen LogP contribution is 2.38. The molecule has 4 rings (SSSR count). The topological polar surface area (TPSA) is 32.8 Å². The molecule has 1 unspecified atom stereocenters. The first-order valence-electron chi connectivity index (χ1n) is 9.82. The molecule has 1 saturated carbocycles. The van der Waals surface area contributed by atoms with Gasteiger partial charge >= 0.3 is 0 Å². The zero-order valence-corrected chi connectivity index (χ0v) is 15.3. The van der Waals surface area contributed by atoms with Gasteiger partial charge in [0.2, 0.25) is 5.91 Å². The number of carbonyl (C=O) groups excluding carboxylic acids is 1. The average Bonchev–Trinajstić information content (AvgIpc) is 3.07. The lowest BCUT2D eigenvalue weighted by Crippen LogP contribution is -2.64. The lowest BCUT2D eigenvalue weighted by atomic mass is 9.84. The molecule has 2 heterocycles. The van der Waals surface area contributed by atoms with Gasteiger partial charge in [0.1, 0.15) is 5.60 Å². The van der Waals surface area contributed by atoms with E-state index in [1.807, 2.05) is 0 Å². The van der Waals surface area contributed by atoms with Gasteiger partial charge in [-0.05, 0) is 31.9 Å². The summed E-state index contributed by atoms with van der Waals surface area (Å²) >= 11 is 0. The Hall–Kier alpha value is -1.39. The molecule has 3 fully saturated rings. The van der Waals surface area contributed by atoms with E-state index in [-0.39, 0.29) is 11.5 Å². The van der Waals surface area contributed by atoms with Crippen molar-refractivity contribution in [2.75, 3.05) is 26.7 Å². The van der Waals surface area contributed by atoms with E-state index >= 15 is 0 Å². The number of hydrogen-bond acceptors (Lipinski definition) is 3. The van der Waals surface area contributed by atoms with Crippen molar-refractivity contribution in [1.29, 1.82) is 0 Å². The van der Waals surface area contributed by atoms with Gasteiger partial charge in [-0.2, -0.15) is 0 Å². The van der Waals surface area contributed by atoms with Crippen LogP contribution in [0.5, 0.6) is 0 Å². The van der Waals surface area contributed by atoms with Crippen LogP contribution in [0.2, 0.25) is 0 Å². The average molecular weight is 342 g/mol. The molecule has 1 atom stereocenters. The normalized spacial score (nSPS) is 26.2. The molecule has 1 aromatic rings. The van der Waals surface area contributed by atoms with Gasteiger partial charge in [-0.1, -0.05) is 49.6 Å². The van der Waals surface area contributed by atoms with Crippen LogP contribution in [0.4, 0.5) is 0 Å². The molecule has 4 heteroatoms. The van der Waals surface area contributed by atoms with Gasteiger partial charge in [-0.3, -0.25) is 9.69 Å². The third-order valence-electron chi connectivity index (χ3n) is 6.31. The van der Waals surface area contributed by atoms with Crippen LogP contribution in [0.15, 0.2) is 30.3 Å². The molecule has 4 nitrogen and oxygen atoms in total. The number of benzene rings is 1. The Labute approximate surface area is 151 Å². The summed E-state index contributed by atoms with van der Waals surface area (Å²) in [5.41, 5.74) is 1.27. The zero-order chi connectivity index (χ0) is 17.3. The fourth-order valence-corrected chi connectivity index (χ4v) is 4.74. The second kappa shape index (κ2) is 7.08. The van der Waals surface area contributed by atoms with Gasteiger partial charge < -0.3 is 9.64 Å². The Bertz CT molecular complexity index is 591. The lowest BCUT2D eigenvalue weighted by Gasteiger charge is -2.48. The molecule has 0 radical (unpaired) electrons. The number of likely N-dealkylation sites (tertiary alicyclic amines) is 1. The Kier molecular flexibility index (Phi) is 4.83. The number of rotatable bonds is 4. The van der Waals surface area contributed by atoms with Crippen molar-refractivity contribution < 1.29 is 9.53 Å². The molecule has 1 aromatic carbocycles. The minimum atomic E-state index is -0.0695. The molecule has 136 valence electrons. The maximum atomic E-state index is 12.6. The minimum absolute atomic E-state index is 0.0695. The van der Waals surface area contributed by atoms with Gasteiger partial charge in [0, 0.05) is 18.5 Å². The summed E-state index contributed by atoms with van der Waals surface area (Å²) in [6, 6.07) is 11.1. The molecule has 2 saturated heterocycles. The van der Waals surface area contributed by atoms with Crippen LogP contribution in [0.1, 0.15) is 44.1 Å². The summed E-state index contributed by atoms with van der Waals surface area (Å²) in [7, 11) is 2.18. The number of nitrogens with zero attached hydrogens (tertiary/aromatic N) is 2. The molecule has 2 aliphatic heterocycles. The Morgan fingerprint density at radius 3 is 2.64 bits per heavy atom. The first-order valence-corrected chi connectivity index (χ1v) is 9.82. The summed E-state index contributed by atoms with van der Waals surface area (Å²) in [6.07, 6.45) is 6.96. The van der Waals surface area contributed by atoms with Crippen molar-refractivity contribution in [3.63, 3.8) is 0 Å². The van der Waals surface area contributed by atoms with Gasteiger partial charge in [0.25, 0.3) is 0 Å². The maximum absolute atomic E-state index is 12.6. The molecule has 25 heavy (non-hydrogen) atoms. The molecule has 0 aromatic heterocycles. The number of likely N-dealkylation sites (N-methyl/N-ethyl adjacent to an activating group) is 1. The van der Waals surface area contributed by atoms with Crippen molar-refractivity contribution in [1.82, 2.24) is 9.80 Å². The first-order chi connectivity index (χ1) is 12.2. The van der Waals surface area contributed by atoms with Crippen LogP contribution in [0.3, 0.4) is 0 Å². The van der Waals surface area contributed by atoms with Crippen molar-refractivity contribution in [3.8, 4) is 0 Å². The van der Waals surface area contributed by atoms with E-state index in [0.717, 1.165) is 45.5 Å². The highest BCUT2D eigenvalue weighted by atomic mass is 16.5. The summed E-state index contributed by atoms with van der Waals surface area (Å²) in [6.45, 7) is 3.35. The van der Waals surface area contributed by atoms with Crippen LogP contribution in [-0.4, -0.2) is 54.1 Å². The van der Waals surface area contributed by atoms with Crippen LogP contribution < -0.4 is 0 Å². The van der Waals surface area contributed by atoms with E-state index in [4.69, 9.17) is 4.74 Å². The molecule has 1 spiro atoms. The lowest BCUT2D eigenvalue weighted by molar-refractivity contribution is -0.162. The van der Waals surface area contributed by atoms with Gasteiger partial charge in [0.15, 0.2) is 0 Å². The molecular formula is C21H30N2O2. The van der Waals surface area contributed by atoms with Crippen molar-refractivity contribution in [3.05, 3.63) is 35.9 Å². The van der Waals surface area contributed by atoms with Crippen molar-refractivity contribution in [2.24, 2.45) is 5.92 Å². The molecule has 1 aliphatic carbocycles.